The van der Waals surface area contributed by atoms with Gasteiger partial charge in [0.25, 0.3) is 15.9 Å². The molecule has 0 spiro atoms. The third kappa shape index (κ3) is 6.26. The van der Waals surface area contributed by atoms with Crippen molar-refractivity contribution in [3.8, 4) is 5.75 Å². The molecule has 0 heterocycles. The summed E-state index contributed by atoms with van der Waals surface area (Å²) in [6.07, 6.45) is 0. The summed E-state index contributed by atoms with van der Waals surface area (Å²) in [6, 6.07) is 15.9. The first-order valence-corrected chi connectivity index (χ1v) is 10.8. The smallest absolute Gasteiger partial charge is 0.261 e. The van der Waals surface area contributed by atoms with E-state index in [9.17, 15) is 22.0 Å². The molecule has 1 amide bonds. The molecule has 0 saturated heterocycles. The SMILES string of the molecule is C[C@H](NC(=O)COc1ccc(S(=O)(=O)Nc2ccc(F)cc2)cc1)c1ccc(F)cc1. The zero-order valence-electron chi connectivity index (χ0n) is 16.5. The Kier molecular flexibility index (Phi) is 6.86. The third-order valence-corrected chi connectivity index (χ3v) is 5.75. The second kappa shape index (κ2) is 9.57. The highest BCUT2D eigenvalue weighted by Crippen LogP contribution is 2.20. The van der Waals surface area contributed by atoms with Crippen molar-refractivity contribution in [1.29, 1.82) is 0 Å². The van der Waals surface area contributed by atoms with Gasteiger partial charge in [0.15, 0.2) is 6.61 Å². The van der Waals surface area contributed by atoms with Gasteiger partial charge in [0.1, 0.15) is 17.4 Å². The molecule has 0 aliphatic heterocycles. The molecule has 31 heavy (non-hydrogen) atoms. The summed E-state index contributed by atoms with van der Waals surface area (Å²) >= 11 is 0. The second-order valence-electron chi connectivity index (χ2n) is 6.71. The van der Waals surface area contributed by atoms with Crippen LogP contribution in [0.1, 0.15) is 18.5 Å². The van der Waals surface area contributed by atoms with Gasteiger partial charge in [-0.1, -0.05) is 12.1 Å². The standard InChI is InChI=1S/C22H20F2N2O4S/c1-15(16-2-4-17(23)5-3-16)25-22(27)14-30-20-10-12-21(13-11-20)31(28,29)26-19-8-6-18(24)7-9-19/h2-13,15,26H,14H2,1H3,(H,25,27)/t15-/m0/s1. The number of sulfonamides is 1. The van der Waals surface area contributed by atoms with Crippen LogP contribution in [-0.4, -0.2) is 20.9 Å². The molecule has 0 saturated carbocycles. The molecule has 0 radical (unpaired) electrons. The zero-order chi connectivity index (χ0) is 22.4. The van der Waals surface area contributed by atoms with Crippen molar-refractivity contribution in [3.63, 3.8) is 0 Å². The van der Waals surface area contributed by atoms with Crippen molar-refractivity contribution >= 4 is 21.6 Å². The normalized spacial score (nSPS) is 12.1. The minimum Gasteiger partial charge on any atom is -0.484 e. The Morgan fingerprint density at radius 3 is 2.03 bits per heavy atom. The van der Waals surface area contributed by atoms with E-state index in [0.717, 1.165) is 17.7 Å². The maximum atomic E-state index is 13.0. The third-order valence-electron chi connectivity index (χ3n) is 4.35. The van der Waals surface area contributed by atoms with Gasteiger partial charge in [-0.15, -0.1) is 0 Å². The van der Waals surface area contributed by atoms with Crippen LogP contribution in [0, 0.1) is 11.6 Å². The van der Waals surface area contributed by atoms with Crippen molar-refractivity contribution < 1.29 is 26.7 Å². The van der Waals surface area contributed by atoms with Crippen LogP contribution in [0.15, 0.2) is 77.7 Å². The molecule has 3 rings (SSSR count). The lowest BCUT2D eigenvalue weighted by Gasteiger charge is -2.15. The fourth-order valence-electron chi connectivity index (χ4n) is 2.71. The van der Waals surface area contributed by atoms with Crippen LogP contribution in [0.25, 0.3) is 0 Å². The van der Waals surface area contributed by atoms with Gasteiger partial charge < -0.3 is 10.1 Å². The minimum absolute atomic E-state index is 0.0152. The van der Waals surface area contributed by atoms with E-state index in [4.69, 9.17) is 4.74 Å². The van der Waals surface area contributed by atoms with Crippen LogP contribution in [0.5, 0.6) is 5.75 Å². The fourth-order valence-corrected chi connectivity index (χ4v) is 3.77. The lowest BCUT2D eigenvalue weighted by Crippen LogP contribution is -2.31. The number of halogens is 2. The van der Waals surface area contributed by atoms with E-state index in [0.29, 0.717) is 5.75 Å². The number of carbonyl (C=O) groups excluding carboxylic acids is 1. The minimum atomic E-state index is -3.86. The molecular formula is C22H20F2N2O4S. The monoisotopic (exact) mass is 446 g/mol. The van der Waals surface area contributed by atoms with Crippen LogP contribution >= 0.6 is 0 Å². The summed E-state index contributed by atoms with van der Waals surface area (Å²) < 4.78 is 58.5. The first-order valence-electron chi connectivity index (χ1n) is 9.29. The first kappa shape index (κ1) is 22.2. The van der Waals surface area contributed by atoms with Crippen molar-refractivity contribution in [2.45, 2.75) is 17.9 Å². The Hall–Kier alpha value is -3.46. The number of benzene rings is 3. The summed E-state index contributed by atoms with van der Waals surface area (Å²) in [5.74, 6) is -0.902. The Morgan fingerprint density at radius 2 is 1.45 bits per heavy atom. The summed E-state index contributed by atoms with van der Waals surface area (Å²) in [5, 5.41) is 2.73. The Bertz CT molecular complexity index is 1130. The maximum Gasteiger partial charge on any atom is 0.261 e. The van der Waals surface area contributed by atoms with Gasteiger partial charge in [-0.3, -0.25) is 9.52 Å². The van der Waals surface area contributed by atoms with Crippen LogP contribution in [0.4, 0.5) is 14.5 Å². The molecule has 162 valence electrons. The van der Waals surface area contributed by atoms with Crippen molar-refractivity contribution in [2.75, 3.05) is 11.3 Å². The molecule has 0 aliphatic carbocycles. The molecule has 0 aromatic heterocycles. The summed E-state index contributed by atoms with van der Waals surface area (Å²) in [5.41, 5.74) is 0.978. The average Bonchev–Trinajstić information content (AvgIpc) is 2.74. The molecule has 0 unspecified atom stereocenters. The largest absolute Gasteiger partial charge is 0.484 e. The molecule has 0 aliphatic rings. The molecule has 0 fully saturated rings. The highest BCUT2D eigenvalue weighted by Gasteiger charge is 2.15. The van der Waals surface area contributed by atoms with E-state index in [2.05, 4.69) is 10.0 Å². The van der Waals surface area contributed by atoms with Gasteiger partial charge in [0.05, 0.1) is 10.9 Å². The number of hydrogen-bond donors (Lipinski definition) is 2. The Labute approximate surface area is 178 Å². The molecule has 2 N–H and O–H groups in total. The molecule has 9 heteroatoms. The summed E-state index contributed by atoms with van der Waals surface area (Å²) in [7, 11) is -3.86. The van der Waals surface area contributed by atoms with Gasteiger partial charge in [0.2, 0.25) is 0 Å². The molecule has 3 aromatic carbocycles. The summed E-state index contributed by atoms with van der Waals surface area (Å²) in [6.45, 7) is 1.49. The Balaban J connectivity index is 1.54. The van der Waals surface area contributed by atoms with Gasteiger partial charge in [-0.25, -0.2) is 17.2 Å². The topological polar surface area (TPSA) is 84.5 Å². The number of ether oxygens (including phenoxy) is 1. The van der Waals surface area contributed by atoms with Gasteiger partial charge >= 0.3 is 0 Å². The number of hydrogen-bond acceptors (Lipinski definition) is 4. The Morgan fingerprint density at radius 1 is 0.903 bits per heavy atom. The predicted molar refractivity (Wildman–Crippen MR) is 112 cm³/mol. The quantitative estimate of drug-likeness (QED) is 0.547. The number of anilines is 1. The number of amides is 1. The number of nitrogens with one attached hydrogen (secondary N) is 2. The van der Waals surface area contributed by atoms with Crippen LogP contribution in [0.2, 0.25) is 0 Å². The highest BCUT2D eigenvalue weighted by molar-refractivity contribution is 7.92. The van der Waals surface area contributed by atoms with E-state index in [1.165, 1.54) is 48.5 Å². The van der Waals surface area contributed by atoms with Crippen molar-refractivity contribution in [3.05, 3.63) is 90.0 Å². The van der Waals surface area contributed by atoms with Crippen LogP contribution < -0.4 is 14.8 Å². The molecule has 3 aromatic rings. The van der Waals surface area contributed by atoms with Crippen molar-refractivity contribution in [2.24, 2.45) is 0 Å². The lowest BCUT2D eigenvalue weighted by molar-refractivity contribution is -0.123. The van der Waals surface area contributed by atoms with E-state index >= 15 is 0 Å². The van der Waals surface area contributed by atoms with Gasteiger partial charge in [0, 0.05) is 5.69 Å². The fraction of sp³-hybridized carbons (Fsp3) is 0.136. The maximum absolute atomic E-state index is 13.0. The van der Waals surface area contributed by atoms with Gasteiger partial charge in [-0.2, -0.15) is 0 Å². The predicted octanol–water partition coefficient (Wildman–Crippen LogP) is 4.02. The zero-order valence-corrected chi connectivity index (χ0v) is 17.3. The van der Waals surface area contributed by atoms with E-state index < -0.39 is 15.8 Å². The van der Waals surface area contributed by atoms with E-state index in [-0.39, 0.29) is 35.0 Å². The molecule has 0 bridgehead atoms. The van der Waals surface area contributed by atoms with Gasteiger partial charge in [-0.05, 0) is 73.2 Å². The number of rotatable bonds is 8. The average molecular weight is 446 g/mol. The first-order chi connectivity index (χ1) is 14.7. The summed E-state index contributed by atoms with van der Waals surface area (Å²) in [4.78, 5) is 12.1. The highest BCUT2D eigenvalue weighted by atomic mass is 32.2. The van der Waals surface area contributed by atoms with Crippen molar-refractivity contribution in [1.82, 2.24) is 5.32 Å². The second-order valence-corrected chi connectivity index (χ2v) is 8.40. The van der Waals surface area contributed by atoms with E-state index in [1.54, 1.807) is 19.1 Å². The number of carbonyl (C=O) groups is 1. The molecule has 6 nitrogen and oxygen atoms in total. The molecular weight excluding hydrogens is 426 g/mol. The van der Waals surface area contributed by atoms with E-state index in [1.807, 2.05) is 0 Å². The lowest BCUT2D eigenvalue weighted by atomic mass is 10.1. The molecule has 1 atom stereocenters. The van der Waals surface area contributed by atoms with Crippen LogP contribution in [0.3, 0.4) is 0 Å². The van der Waals surface area contributed by atoms with Crippen LogP contribution in [-0.2, 0) is 14.8 Å².